The lowest BCUT2D eigenvalue weighted by molar-refractivity contribution is -0.113. The molecule has 0 unspecified atom stereocenters. The predicted octanol–water partition coefficient (Wildman–Crippen LogP) is 1.61. The lowest BCUT2D eigenvalue weighted by Crippen LogP contribution is -2.13. The fourth-order valence-electron chi connectivity index (χ4n) is 2.73. The molecular formula is C10H15NO. The monoisotopic (exact) mass is 165 g/mol. The second kappa shape index (κ2) is 2.61. The van der Waals surface area contributed by atoms with E-state index in [1.54, 1.807) is 6.08 Å². The third-order valence-electron chi connectivity index (χ3n) is 3.40. The molecule has 0 aliphatic heterocycles. The highest BCUT2D eigenvalue weighted by Crippen LogP contribution is 2.54. The summed E-state index contributed by atoms with van der Waals surface area (Å²) in [5.41, 5.74) is 5.43. The molecule has 0 aromatic rings. The van der Waals surface area contributed by atoms with Crippen molar-refractivity contribution in [1.29, 1.82) is 0 Å². The van der Waals surface area contributed by atoms with Crippen LogP contribution in [0.5, 0.6) is 0 Å². The Bertz CT molecular complexity index is 224. The quantitative estimate of drug-likeness (QED) is 0.620. The Hall–Kier alpha value is -0.790. The number of amides is 1. The van der Waals surface area contributed by atoms with Crippen LogP contribution in [-0.4, -0.2) is 5.91 Å². The number of fused-ring (bicyclic) bond motifs is 2. The van der Waals surface area contributed by atoms with Crippen molar-refractivity contribution in [2.75, 3.05) is 0 Å². The summed E-state index contributed by atoms with van der Waals surface area (Å²) in [6.45, 7) is 0. The van der Waals surface area contributed by atoms with Gasteiger partial charge in [-0.1, -0.05) is 6.08 Å². The summed E-state index contributed by atoms with van der Waals surface area (Å²) < 4.78 is 0. The van der Waals surface area contributed by atoms with Crippen LogP contribution < -0.4 is 5.73 Å². The maximum absolute atomic E-state index is 10.6. The maximum Gasteiger partial charge on any atom is 0.241 e. The maximum atomic E-state index is 10.6. The van der Waals surface area contributed by atoms with Crippen LogP contribution in [0.1, 0.15) is 32.1 Å². The van der Waals surface area contributed by atoms with Crippen LogP contribution >= 0.6 is 0 Å². The molecule has 2 saturated carbocycles. The van der Waals surface area contributed by atoms with Gasteiger partial charge in [-0.2, -0.15) is 0 Å². The van der Waals surface area contributed by atoms with Crippen molar-refractivity contribution in [2.45, 2.75) is 32.1 Å². The molecule has 0 aromatic heterocycles. The van der Waals surface area contributed by atoms with Gasteiger partial charge in [-0.25, -0.2) is 0 Å². The molecule has 2 aliphatic carbocycles. The van der Waals surface area contributed by atoms with Gasteiger partial charge in [0.1, 0.15) is 0 Å². The fraction of sp³-hybridized carbons (Fsp3) is 0.700. The number of allylic oxidation sites excluding steroid dienone is 1. The van der Waals surface area contributed by atoms with E-state index in [9.17, 15) is 4.79 Å². The second-order valence-corrected chi connectivity index (χ2v) is 4.25. The Morgan fingerprint density at radius 2 is 2.08 bits per heavy atom. The average molecular weight is 165 g/mol. The lowest BCUT2D eigenvalue weighted by Gasteiger charge is -2.21. The summed E-state index contributed by atoms with van der Waals surface area (Å²) in [7, 11) is 0. The number of hydrogen-bond acceptors (Lipinski definition) is 1. The van der Waals surface area contributed by atoms with Gasteiger partial charge >= 0.3 is 0 Å². The first-order valence-electron chi connectivity index (χ1n) is 4.69. The topological polar surface area (TPSA) is 43.1 Å². The van der Waals surface area contributed by atoms with Gasteiger partial charge in [-0.05, 0) is 49.5 Å². The Balaban J connectivity index is 2.07. The highest BCUT2D eigenvalue weighted by Gasteiger charge is 2.42. The van der Waals surface area contributed by atoms with Gasteiger partial charge in [-0.3, -0.25) is 4.79 Å². The zero-order valence-corrected chi connectivity index (χ0v) is 7.25. The zero-order chi connectivity index (χ0) is 8.60. The first-order valence-corrected chi connectivity index (χ1v) is 4.69. The number of primary amides is 1. The smallest absolute Gasteiger partial charge is 0.241 e. The van der Waals surface area contributed by atoms with Crippen molar-refractivity contribution in [3.63, 3.8) is 0 Å². The van der Waals surface area contributed by atoms with E-state index in [1.807, 2.05) is 0 Å². The van der Waals surface area contributed by atoms with Crippen LogP contribution in [-0.2, 0) is 4.79 Å². The summed E-state index contributed by atoms with van der Waals surface area (Å²) in [5.74, 6) is 0.627. The van der Waals surface area contributed by atoms with E-state index < -0.39 is 0 Å². The van der Waals surface area contributed by atoms with Crippen LogP contribution in [0.15, 0.2) is 12.2 Å². The van der Waals surface area contributed by atoms with Crippen molar-refractivity contribution >= 4 is 5.91 Å². The largest absolute Gasteiger partial charge is 0.366 e. The highest BCUT2D eigenvalue weighted by molar-refractivity contribution is 5.85. The molecule has 2 aliphatic rings. The Morgan fingerprint density at radius 1 is 1.42 bits per heavy atom. The van der Waals surface area contributed by atoms with Gasteiger partial charge in [0.25, 0.3) is 0 Å². The molecular weight excluding hydrogens is 150 g/mol. The minimum Gasteiger partial charge on any atom is -0.366 e. The standard InChI is InChI=1S/C10H15NO/c11-9(12)3-6-10-4-1-8(7-10)2-5-10/h3,6,8H,1-2,4-5,7H2,(H2,11,12). The van der Waals surface area contributed by atoms with E-state index in [0.29, 0.717) is 5.41 Å². The lowest BCUT2D eigenvalue weighted by atomic mass is 9.84. The van der Waals surface area contributed by atoms with Crippen molar-refractivity contribution in [3.8, 4) is 0 Å². The Kier molecular flexibility index (Phi) is 1.71. The fourth-order valence-corrected chi connectivity index (χ4v) is 2.73. The average Bonchev–Trinajstić information content (AvgIpc) is 2.60. The summed E-state index contributed by atoms with van der Waals surface area (Å²) in [6, 6.07) is 0. The summed E-state index contributed by atoms with van der Waals surface area (Å²) in [6.07, 6.45) is 10.1. The number of hydrogen-bond donors (Lipinski definition) is 1. The Labute approximate surface area is 72.8 Å². The predicted molar refractivity (Wildman–Crippen MR) is 47.3 cm³/mol. The van der Waals surface area contributed by atoms with Gasteiger partial charge in [0.15, 0.2) is 0 Å². The SMILES string of the molecule is NC(=O)C=CC12CCC(CC1)C2. The number of carbonyl (C=O) groups excluding carboxylic acids is 1. The van der Waals surface area contributed by atoms with E-state index >= 15 is 0 Å². The molecule has 2 heteroatoms. The molecule has 2 N–H and O–H groups in total. The van der Waals surface area contributed by atoms with Crippen LogP contribution in [0, 0.1) is 11.3 Å². The van der Waals surface area contributed by atoms with E-state index in [2.05, 4.69) is 6.08 Å². The summed E-state index contributed by atoms with van der Waals surface area (Å²) >= 11 is 0. The van der Waals surface area contributed by atoms with E-state index in [-0.39, 0.29) is 5.91 Å². The third kappa shape index (κ3) is 1.26. The van der Waals surface area contributed by atoms with E-state index in [1.165, 1.54) is 32.1 Å². The normalized spacial score (nSPS) is 39.5. The minimum absolute atomic E-state index is 0.306. The molecule has 0 aromatic carbocycles. The van der Waals surface area contributed by atoms with E-state index in [0.717, 1.165) is 5.92 Å². The van der Waals surface area contributed by atoms with Crippen molar-refractivity contribution in [3.05, 3.63) is 12.2 Å². The molecule has 0 saturated heterocycles. The van der Waals surface area contributed by atoms with Crippen LogP contribution in [0.25, 0.3) is 0 Å². The van der Waals surface area contributed by atoms with Crippen LogP contribution in [0.3, 0.4) is 0 Å². The molecule has 0 atom stereocenters. The summed E-state index contributed by atoms with van der Waals surface area (Å²) in [5, 5.41) is 0. The van der Waals surface area contributed by atoms with Gasteiger partial charge in [-0.15, -0.1) is 0 Å². The van der Waals surface area contributed by atoms with Gasteiger partial charge in [0, 0.05) is 0 Å². The van der Waals surface area contributed by atoms with Gasteiger partial charge < -0.3 is 5.73 Å². The number of nitrogens with two attached hydrogens (primary N) is 1. The minimum atomic E-state index is -0.306. The van der Waals surface area contributed by atoms with Crippen LogP contribution in [0.2, 0.25) is 0 Å². The molecule has 2 rings (SSSR count). The molecule has 0 heterocycles. The molecule has 0 spiro atoms. The molecule has 2 nitrogen and oxygen atoms in total. The summed E-state index contributed by atoms with van der Waals surface area (Å²) in [4.78, 5) is 10.6. The van der Waals surface area contributed by atoms with Crippen molar-refractivity contribution < 1.29 is 4.79 Å². The first-order chi connectivity index (χ1) is 5.70. The van der Waals surface area contributed by atoms with Crippen molar-refractivity contribution in [1.82, 2.24) is 0 Å². The van der Waals surface area contributed by atoms with Gasteiger partial charge in [0.05, 0.1) is 0 Å². The first kappa shape index (κ1) is 7.84. The molecule has 1 amide bonds. The molecule has 2 fully saturated rings. The zero-order valence-electron chi connectivity index (χ0n) is 7.25. The molecule has 66 valence electrons. The third-order valence-corrected chi connectivity index (χ3v) is 3.40. The van der Waals surface area contributed by atoms with Crippen molar-refractivity contribution in [2.24, 2.45) is 17.1 Å². The molecule has 2 bridgehead atoms. The highest BCUT2D eigenvalue weighted by atomic mass is 16.1. The second-order valence-electron chi connectivity index (χ2n) is 4.25. The van der Waals surface area contributed by atoms with E-state index in [4.69, 9.17) is 5.73 Å². The number of rotatable bonds is 2. The molecule has 12 heavy (non-hydrogen) atoms. The van der Waals surface area contributed by atoms with Crippen LogP contribution in [0.4, 0.5) is 0 Å². The number of carbonyl (C=O) groups is 1. The Morgan fingerprint density at radius 3 is 2.50 bits per heavy atom. The van der Waals surface area contributed by atoms with Gasteiger partial charge in [0.2, 0.25) is 5.91 Å². The molecule has 0 radical (unpaired) electrons.